The molecule has 8 aromatic rings. The van der Waals surface area contributed by atoms with Crippen LogP contribution in [0.4, 0.5) is 0 Å². The maximum Gasteiger partial charge on any atom is -0.000728 e. The van der Waals surface area contributed by atoms with E-state index in [0.717, 1.165) is 6.42 Å². The van der Waals surface area contributed by atoms with Gasteiger partial charge in [-0.15, -0.1) is 0 Å². The molecule has 8 aromatic carbocycles. The van der Waals surface area contributed by atoms with Gasteiger partial charge in [0.15, 0.2) is 0 Å². The van der Waals surface area contributed by atoms with E-state index in [1.54, 1.807) is 0 Å². The third kappa shape index (κ3) is 3.91. The molecule has 0 atom stereocenters. The van der Waals surface area contributed by atoms with Crippen molar-refractivity contribution in [2.24, 2.45) is 0 Å². The zero-order valence-corrected chi connectivity index (χ0v) is 22.7. The van der Waals surface area contributed by atoms with Gasteiger partial charge in [0, 0.05) is 0 Å². The topological polar surface area (TPSA) is 0 Å². The van der Waals surface area contributed by atoms with Crippen LogP contribution in [0.5, 0.6) is 0 Å². The lowest BCUT2D eigenvalue weighted by molar-refractivity contribution is 1.23. The molecule has 0 saturated carbocycles. The smallest absolute Gasteiger partial charge is 0.000728 e. The predicted molar refractivity (Wildman–Crippen MR) is 177 cm³/mol. The Labute approximate surface area is 240 Å². The van der Waals surface area contributed by atoms with Gasteiger partial charge in [0.05, 0.1) is 0 Å². The molecular weight excluding hydrogens is 492 g/mol. The van der Waals surface area contributed by atoms with Crippen LogP contribution >= 0.6 is 0 Å². The first-order valence-corrected chi connectivity index (χ1v) is 14.3. The summed E-state index contributed by atoms with van der Waals surface area (Å²) in [5.41, 5.74) is 7.90. The summed E-state index contributed by atoms with van der Waals surface area (Å²) < 4.78 is 0. The van der Waals surface area contributed by atoms with E-state index in [1.165, 1.54) is 76.5 Å². The zero-order valence-electron chi connectivity index (χ0n) is 22.7. The Morgan fingerprint density at radius 3 is 1.56 bits per heavy atom. The van der Waals surface area contributed by atoms with Gasteiger partial charge < -0.3 is 0 Å². The molecule has 0 N–H and O–H groups in total. The van der Waals surface area contributed by atoms with E-state index in [1.807, 2.05) is 0 Å². The first-order valence-electron chi connectivity index (χ1n) is 14.3. The summed E-state index contributed by atoms with van der Waals surface area (Å²) in [5.74, 6) is 0. The second kappa shape index (κ2) is 9.77. The van der Waals surface area contributed by atoms with Crippen molar-refractivity contribution >= 4 is 43.1 Å². The van der Waals surface area contributed by atoms with Crippen molar-refractivity contribution in [3.63, 3.8) is 0 Å². The minimum Gasteiger partial charge on any atom is -0.0622 e. The van der Waals surface area contributed by atoms with Crippen LogP contribution in [0, 0.1) is 0 Å². The third-order valence-corrected chi connectivity index (χ3v) is 8.55. The average molecular weight is 521 g/mol. The first kappa shape index (κ1) is 23.7. The van der Waals surface area contributed by atoms with Gasteiger partial charge in [-0.2, -0.15) is 0 Å². The lowest BCUT2D eigenvalue weighted by atomic mass is 9.83. The summed E-state index contributed by atoms with van der Waals surface area (Å²) in [4.78, 5) is 0. The van der Waals surface area contributed by atoms with Crippen LogP contribution < -0.4 is 0 Å². The summed E-state index contributed by atoms with van der Waals surface area (Å²) in [6.45, 7) is 0. The predicted octanol–water partition coefficient (Wildman–Crippen LogP) is 11.2. The summed E-state index contributed by atoms with van der Waals surface area (Å²) in [6.07, 6.45) is 0.866. The van der Waals surface area contributed by atoms with Crippen LogP contribution in [-0.2, 0) is 6.42 Å². The highest BCUT2D eigenvalue weighted by Gasteiger charge is 2.19. The molecule has 0 unspecified atom stereocenters. The molecule has 0 aromatic heterocycles. The first-order chi connectivity index (χ1) is 20.4. The summed E-state index contributed by atoms with van der Waals surface area (Å²) in [7, 11) is 0. The molecule has 41 heavy (non-hydrogen) atoms. The fourth-order valence-electron chi connectivity index (χ4n) is 6.72. The van der Waals surface area contributed by atoms with E-state index in [2.05, 4.69) is 158 Å². The van der Waals surface area contributed by atoms with Crippen molar-refractivity contribution < 1.29 is 0 Å². The van der Waals surface area contributed by atoms with Crippen molar-refractivity contribution in [2.45, 2.75) is 6.42 Å². The molecular formula is C41H28. The van der Waals surface area contributed by atoms with E-state index in [0.29, 0.717) is 0 Å². The summed E-state index contributed by atoms with van der Waals surface area (Å²) in [5, 5.41) is 10.4. The highest BCUT2D eigenvalue weighted by Crippen LogP contribution is 2.44. The van der Waals surface area contributed by atoms with Gasteiger partial charge in [-0.05, 0) is 89.0 Å². The van der Waals surface area contributed by atoms with Crippen molar-refractivity contribution in [3.8, 4) is 22.3 Å². The van der Waals surface area contributed by atoms with Gasteiger partial charge in [-0.1, -0.05) is 152 Å². The Hall–Kier alpha value is -5.20. The monoisotopic (exact) mass is 520 g/mol. The van der Waals surface area contributed by atoms with E-state index in [9.17, 15) is 0 Å². The van der Waals surface area contributed by atoms with Gasteiger partial charge in [0.2, 0.25) is 0 Å². The molecule has 0 bridgehead atoms. The molecule has 0 heterocycles. The normalized spacial score (nSPS) is 11.5. The van der Waals surface area contributed by atoms with Gasteiger partial charge in [0.1, 0.15) is 0 Å². The van der Waals surface area contributed by atoms with E-state index in [-0.39, 0.29) is 0 Å². The van der Waals surface area contributed by atoms with Crippen LogP contribution in [-0.4, -0.2) is 0 Å². The van der Waals surface area contributed by atoms with Gasteiger partial charge in [-0.3, -0.25) is 0 Å². The molecule has 0 fully saturated rings. The number of fused-ring (bicyclic) bond motifs is 5. The second-order valence-electron chi connectivity index (χ2n) is 10.8. The Bertz CT molecular complexity index is 2160. The minimum atomic E-state index is 0.866. The molecule has 0 aliphatic heterocycles. The molecule has 192 valence electrons. The molecule has 8 rings (SSSR count). The standard InChI is InChI=1S/C41H28/c1-2-14-28(15-3-1)31-18-6-4-16-29(31)26-39-35-22-10-12-24-37(35)41(38-25-13-11-23-36(38)39)40-27-30-17-5-7-19-32(30)33-20-8-9-21-34(33)40/h1-25,27H,26H2. The maximum atomic E-state index is 2.40. The van der Waals surface area contributed by atoms with Crippen LogP contribution in [0.15, 0.2) is 158 Å². The maximum absolute atomic E-state index is 2.40. The molecule has 0 spiro atoms. The summed E-state index contributed by atoms with van der Waals surface area (Å²) >= 11 is 0. The van der Waals surface area contributed by atoms with E-state index >= 15 is 0 Å². The number of benzene rings is 8. The fourth-order valence-corrected chi connectivity index (χ4v) is 6.72. The average Bonchev–Trinajstić information content (AvgIpc) is 3.05. The van der Waals surface area contributed by atoms with Crippen molar-refractivity contribution in [2.75, 3.05) is 0 Å². The van der Waals surface area contributed by atoms with E-state index < -0.39 is 0 Å². The molecule has 0 amide bonds. The Balaban J connectivity index is 1.45. The molecule has 0 aliphatic carbocycles. The van der Waals surface area contributed by atoms with Gasteiger partial charge in [0.25, 0.3) is 0 Å². The molecule has 0 aliphatic rings. The van der Waals surface area contributed by atoms with Crippen LogP contribution in [0.25, 0.3) is 65.3 Å². The fraction of sp³-hybridized carbons (Fsp3) is 0.0244. The highest BCUT2D eigenvalue weighted by atomic mass is 14.2. The molecule has 0 radical (unpaired) electrons. The Kier molecular flexibility index (Phi) is 5.64. The van der Waals surface area contributed by atoms with Crippen LogP contribution in [0.2, 0.25) is 0 Å². The van der Waals surface area contributed by atoms with Gasteiger partial charge >= 0.3 is 0 Å². The lowest BCUT2D eigenvalue weighted by Gasteiger charge is -2.20. The number of hydrogen-bond acceptors (Lipinski definition) is 0. The SMILES string of the molecule is c1ccc(-c2ccccc2Cc2c3ccccc3c(-c3cc4ccccc4c4ccccc34)c3ccccc23)cc1. The van der Waals surface area contributed by atoms with E-state index in [4.69, 9.17) is 0 Å². The zero-order chi connectivity index (χ0) is 27.2. The quantitative estimate of drug-likeness (QED) is 0.160. The largest absolute Gasteiger partial charge is 0.0622 e. The van der Waals surface area contributed by atoms with Crippen molar-refractivity contribution in [3.05, 3.63) is 169 Å². The number of rotatable bonds is 4. The van der Waals surface area contributed by atoms with Gasteiger partial charge in [-0.25, -0.2) is 0 Å². The minimum absolute atomic E-state index is 0.866. The molecule has 0 heteroatoms. The van der Waals surface area contributed by atoms with Crippen molar-refractivity contribution in [1.29, 1.82) is 0 Å². The van der Waals surface area contributed by atoms with Crippen LogP contribution in [0.3, 0.4) is 0 Å². The molecule has 0 saturated heterocycles. The Morgan fingerprint density at radius 2 is 0.854 bits per heavy atom. The highest BCUT2D eigenvalue weighted by molar-refractivity contribution is 6.22. The Morgan fingerprint density at radius 1 is 0.341 bits per heavy atom. The van der Waals surface area contributed by atoms with Crippen molar-refractivity contribution in [1.82, 2.24) is 0 Å². The third-order valence-electron chi connectivity index (χ3n) is 8.55. The number of hydrogen-bond donors (Lipinski definition) is 0. The lowest BCUT2D eigenvalue weighted by Crippen LogP contribution is -1.97. The van der Waals surface area contributed by atoms with Crippen LogP contribution in [0.1, 0.15) is 11.1 Å². The second-order valence-corrected chi connectivity index (χ2v) is 10.8. The summed E-state index contributed by atoms with van der Waals surface area (Å²) in [6, 6.07) is 57.7. The molecule has 0 nitrogen and oxygen atoms in total.